The number of sulfonamides is 1. The second-order valence-electron chi connectivity index (χ2n) is 7.15. The smallest absolute Gasteiger partial charge is 0.327 e. The molecular weight excluding hydrogens is 404 g/mol. The first-order valence-electron chi connectivity index (χ1n) is 9.58. The Labute approximate surface area is 171 Å². The fraction of sp³-hybridized carbons (Fsp3) is 0.632. The summed E-state index contributed by atoms with van der Waals surface area (Å²) in [6, 6.07) is 6.51. The quantitative estimate of drug-likeness (QED) is 0.643. The summed E-state index contributed by atoms with van der Waals surface area (Å²) in [6.45, 7) is 2.14. The Bertz CT molecular complexity index is 774. The van der Waals surface area contributed by atoms with Crippen molar-refractivity contribution in [3.63, 3.8) is 0 Å². The highest BCUT2D eigenvalue weighted by molar-refractivity contribution is 7.89. The van der Waals surface area contributed by atoms with Crippen LogP contribution in [0.4, 0.5) is 0 Å². The van der Waals surface area contributed by atoms with Crippen molar-refractivity contribution in [3.8, 4) is 0 Å². The molecule has 0 saturated carbocycles. The number of carbonyl (C=O) groups excluding carboxylic acids is 1. The summed E-state index contributed by atoms with van der Waals surface area (Å²) in [5.41, 5.74) is 0.669. The average molecular weight is 431 g/mol. The normalized spacial score (nSPS) is 23.3. The lowest BCUT2D eigenvalue weighted by molar-refractivity contribution is -0.147. The molecule has 0 aliphatic carbocycles. The molecule has 3 rings (SSSR count). The first kappa shape index (κ1) is 21.5. The number of nitrogens with zero attached hydrogens (tertiary/aromatic N) is 2. The molecule has 2 aliphatic rings. The molecule has 2 aliphatic heterocycles. The molecule has 0 bridgehead atoms. The molecule has 0 radical (unpaired) electrons. The molecule has 156 valence electrons. The lowest BCUT2D eigenvalue weighted by Gasteiger charge is -2.38. The molecule has 7 nitrogen and oxygen atoms in total. The Balaban J connectivity index is 1.67. The van der Waals surface area contributed by atoms with Crippen LogP contribution in [0.2, 0.25) is 5.02 Å². The van der Waals surface area contributed by atoms with Gasteiger partial charge in [-0.2, -0.15) is 4.31 Å². The van der Waals surface area contributed by atoms with Crippen LogP contribution in [0, 0.1) is 0 Å². The Morgan fingerprint density at radius 3 is 2.57 bits per heavy atom. The van der Waals surface area contributed by atoms with Gasteiger partial charge in [-0.15, -0.1) is 0 Å². The molecule has 1 aromatic carbocycles. The number of benzene rings is 1. The van der Waals surface area contributed by atoms with Gasteiger partial charge >= 0.3 is 5.97 Å². The zero-order chi connectivity index (χ0) is 20.1. The van der Waals surface area contributed by atoms with E-state index in [1.54, 1.807) is 18.2 Å². The van der Waals surface area contributed by atoms with Crippen LogP contribution in [-0.4, -0.2) is 75.3 Å². The summed E-state index contributed by atoms with van der Waals surface area (Å²) >= 11 is 6.29. The highest BCUT2D eigenvalue weighted by Gasteiger charge is 2.36. The van der Waals surface area contributed by atoms with Gasteiger partial charge in [0, 0.05) is 37.8 Å². The minimum Gasteiger partial charge on any atom is -0.468 e. The van der Waals surface area contributed by atoms with Gasteiger partial charge in [-0.3, -0.25) is 4.90 Å². The van der Waals surface area contributed by atoms with E-state index in [2.05, 4.69) is 0 Å². The van der Waals surface area contributed by atoms with Gasteiger partial charge in [0.15, 0.2) is 0 Å². The molecular formula is C19H27ClN2O5S. The van der Waals surface area contributed by atoms with Crippen LogP contribution < -0.4 is 0 Å². The van der Waals surface area contributed by atoms with Gasteiger partial charge in [-0.1, -0.05) is 29.8 Å². The highest BCUT2D eigenvalue weighted by Crippen LogP contribution is 2.30. The lowest BCUT2D eigenvalue weighted by Crippen LogP contribution is -2.52. The van der Waals surface area contributed by atoms with Gasteiger partial charge in [0.2, 0.25) is 10.0 Å². The maximum Gasteiger partial charge on any atom is 0.327 e. The third kappa shape index (κ3) is 5.04. The first-order valence-corrected chi connectivity index (χ1v) is 11.6. The Hall–Kier alpha value is -1.19. The monoisotopic (exact) mass is 430 g/mol. The van der Waals surface area contributed by atoms with E-state index in [4.69, 9.17) is 21.1 Å². The van der Waals surface area contributed by atoms with Crippen molar-refractivity contribution in [1.82, 2.24) is 9.21 Å². The molecule has 2 fully saturated rings. The van der Waals surface area contributed by atoms with Crippen LogP contribution in [0.15, 0.2) is 24.3 Å². The standard InChI is InChI=1S/C19H27ClN2O5S/c1-26-19(23)18(16-7-2-3-8-17(16)20)21-9-11-22(12-10-21)28(24,25)14-15-6-4-5-13-27-15/h2-3,7-8,15,18H,4-6,9-14H2,1H3. The van der Waals surface area contributed by atoms with E-state index >= 15 is 0 Å². The van der Waals surface area contributed by atoms with Gasteiger partial charge in [-0.25, -0.2) is 13.2 Å². The van der Waals surface area contributed by atoms with Crippen molar-refractivity contribution in [1.29, 1.82) is 0 Å². The number of carbonyl (C=O) groups is 1. The van der Waals surface area contributed by atoms with Crippen molar-refractivity contribution >= 4 is 27.6 Å². The predicted octanol–water partition coefficient (Wildman–Crippen LogP) is 2.07. The molecule has 0 amide bonds. The topological polar surface area (TPSA) is 76.2 Å². The van der Waals surface area contributed by atoms with Crippen LogP contribution in [-0.2, 0) is 24.3 Å². The molecule has 28 heavy (non-hydrogen) atoms. The Kier molecular flexibility index (Phi) is 7.33. The summed E-state index contributed by atoms with van der Waals surface area (Å²) in [5, 5.41) is 0.488. The maximum atomic E-state index is 12.8. The van der Waals surface area contributed by atoms with Crippen molar-refractivity contribution in [2.45, 2.75) is 31.4 Å². The average Bonchev–Trinajstić information content (AvgIpc) is 2.70. The summed E-state index contributed by atoms with van der Waals surface area (Å²) in [5.74, 6) is -0.377. The van der Waals surface area contributed by atoms with Crippen LogP contribution in [0.3, 0.4) is 0 Å². The van der Waals surface area contributed by atoms with E-state index in [0.29, 0.717) is 43.4 Å². The summed E-state index contributed by atoms with van der Waals surface area (Å²) in [7, 11) is -2.05. The molecule has 9 heteroatoms. The third-order valence-corrected chi connectivity index (χ3v) is 7.62. The second-order valence-corrected chi connectivity index (χ2v) is 9.57. The van der Waals surface area contributed by atoms with Crippen LogP contribution >= 0.6 is 11.6 Å². The number of ether oxygens (including phenoxy) is 2. The van der Waals surface area contributed by atoms with E-state index < -0.39 is 22.0 Å². The van der Waals surface area contributed by atoms with Crippen LogP contribution in [0.1, 0.15) is 30.9 Å². The number of halogens is 1. The minimum absolute atomic E-state index is 0.0257. The van der Waals surface area contributed by atoms with Crippen molar-refractivity contribution in [2.75, 3.05) is 45.6 Å². The molecule has 2 heterocycles. The highest BCUT2D eigenvalue weighted by atomic mass is 35.5. The van der Waals surface area contributed by atoms with Crippen molar-refractivity contribution < 1.29 is 22.7 Å². The SMILES string of the molecule is COC(=O)C(c1ccccc1Cl)N1CCN(S(=O)(=O)CC2CCCCO2)CC1. The fourth-order valence-corrected chi connectivity index (χ4v) is 5.70. The fourth-order valence-electron chi connectivity index (χ4n) is 3.80. The molecule has 0 aromatic heterocycles. The zero-order valence-corrected chi connectivity index (χ0v) is 17.6. The van der Waals surface area contributed by atoms with Crippen LogP contribution in [0.5, 0.6) is 0 Å². The molecule has 0 N–H and O–H groups in total. The van der Waals surface area contributed by atoms with Gasteiger partial charge in [-0.05, 0) is 30.9 Å². The Morgan fingerprint density at radius 1 is 1.25 bits per heavy atom. The first-order chi connectivity index (χ1) is 13.4. The number of rotatable bonds is 6. The van der Waals surface area contributed by atoms with E-state index in [1.807, 2.05) is 11.0 Å². The second kappa shape index (κ2) is 9.54. The molecule has 0 spiro atoms. The lowest BCUT2D eigenvalue weighted by atomic mass is 10.0. The third-order valence-electron chi connectivity index (χ3n) is 5.33. The minimum atomic E-state index is -3.39. The predicted molar refractivity (Wildman–Crippen MR) is 107 cm³/mol. The largest absolute Gasteiger partial charge is 0.468 e. The Morgan fingerprint density at radius 2 is 1.96 bits per heavy atom. The van der Waals surface area contributed by atoms with Gasteiger partial charge < -0.3 is 9.47 Å². The van der Waals surface area contributed by atoms with Crippen molar-refractivity contribution in [2.24, 2.45) is 0 Å². The number of methoxy groups -OCH3 is 1. The summed E-state index contributed by atoms with van der Waals surface area (Å²) in [4.78, 5) is 14.4. The van der Waals surface area contributed by atoms with Gasteiger partial charge in [0.25, 0.3) is 0 Å². The molecule has 1 aromatic rings. The number of hydrogen-bond donors (Lipinski definition) is 0. The maximum absolute atomic E-state index is 12.8. The number of piperazine rings is 1. The van der Waals surface area contributed by atoms with Gasteiger partial charge in [0.05, 0.1) is 19.0 Å². The van der Waals surface area contributed by atoms with Gasteiger partial charge in [0.1, 0.15) is 6.04 Å². The summed E-state index contributed by atoms with van der Waals surface area (Å²) < 4.78 is 37.6. The van der Waals surface area contributed by atoms with E-state index in [9.17, 15) is 13.2 Å². The molecule has 2 unspecified atom stereocenters. The molecule has 2 saturated heterocycles. The van der Waals surface area contributed by atoms with E-state index in [-0.39, 0.29) is 11.9 Å². The number of esters is 1. The van der Waals surface area contributed by atoms with E-state index in [0.717, 1.165) is 19.3 Å². The van der Waals surface area contributed by atoms with Crippen LogP contribution in [0.25, 0.3) is 0 Å². The molecule has 2 atom stereocenters. The number of hydrogen-bond acceptors (Lipinski definition) is 6. The van der Waals surface area contributed by atoms with E-state index in [1.165, 1.54) is 11.4 Å². The van der Waals surface area contributed by atoms with Crippen molar-refractivity contribution in [3.05, 3.63) is 34.9 Å². The summed E-state index contributed by atoms with van der Waals surface area (Å²) in [6.07, 6.45) is 2.57. The zero-order valence-electron chi connectivity index (χ0n) is 16.0.